The molecule has 1 heterocycles. The molecule has 0 radical (unpaired) electrons. The molecule has 0 aliphatic rings. The molecule has 0 fully saturated rings. The van der Waals surface area contributed by atoms with Crippen LogP contribution in [-0.2, 0) is 14.8 Å². The second-order valence-corrected chi connectivity index (χ2v) is 6.51. The van der Waals surface area contributed by atoms with Crippen LogP contribution in [0.4, 0.5) is 0 Å². The van der Waals surface area contributed by atoms with E-state index in [0.29, 0.717) is 5.57 Å². The minimum Gasteiger partial charge on any atom is -0.486 e. The molecule has 0 amide bonds. The molecule has 1 aromatic rings. The molecule has 0 aliphatic heterocycles. The molecule has 0 aromatic carbocycles. The van der Waals surface area contributed by atoms with Gasteiger partial charge in [0.1, 0.15) is 10.9 Å². The van der Waals surface area contributed by atoms with Gasteiger partial charge < -0.3 is 9.84 Å². The van der Waals surface area contributed by atoms with Crippen molar-refractivity contribution in [1.82, 2.24) is 4.72 Å². The minimum absolute atomic E-state index is 0.0288. The Labute approximate surface area is 115 Å². The van der Waals surface area contributed by atoms with Gasteiger partial charge in [0.15, 0.2) is 5.06 Å². The summed E-state index contributed by atoms with van der Waals surface area (Å²) in [6, 6.07) is 0.123. The molecule has 0 aliphatic carbocycles. The maximum atomic E-state index is 12.1. The van der Waals surface area contributed by atoms with Crippen molar-refractivity contribution in [2.45, 2.75) is 24.3 Å². The van der Waals surface area contributed by atoms with Crippen molar-refractivity contribution in [3.05, 3.63) is 23.6 Å². The average Bonchev–Trinajstić information content (AvgIpc) is 2.75. The number of carbonyl (C=O) groups is 1. The van der Waals surface area contributed by atoms with Crippen LogP contribution < -0.4 is 9.46 Å². The number of hydrogen-bond acceptors (Lipinski definition) is 5. The zero-order valence-electron chi connectivity index (χ0n) is 10.5. The monoisotopic (exact) mass is 305 g/mol. The maximum absolute atomic E-state index is 12.1. The number of carboxylic acid groups (broad SMARTS) is 1. The Morgan fingerprint density at radius 1 is 1.63 bits per heavy atom. The van der Waals surface area contributed by atoms with E-state index < -0.39 is 22.0 Å². The number of nitrogens with one attached hydrogen (secondary N) is 1. The van der Waals surface area contributed by atoms with Gasteiger partial charge in [-0.05, 0) is 24.8 Å². The van der Waals surface area contributed by atoms with Crippen LogP contribution in [0.5, 0.6) is 5.06 Å². The Morgan fingerprint density at radius 2 is 2.26 bits per heavy atom. The van der Waals surface area contributed by atoms with Crippen molar-refractivity contribution in [2.75, 3.05) is 7.11 Å². The van der Waals surface area contributed by atoms with E-state index in [0.717, 1.165) is 11.3 Å². The van der Waals surface area contributed by atoms with Crippen LogP contribution in [0.25, 0.3) is 0 Å². The molecule has 1 unspecified atom stereocenters. The summed E-state index contributed by atoms with van der Waals surface area (Å²) in [5.74, 6) is -1.25. The highest BCUT2D eigenvalue weighted by Gasteiger charge is 2.28. The normalized spacial score (nSPS) is 12.9. The van der Waals surface area contributed by atoms with Crippen LogP contribution >= 0.6 is 11.3 Å². The first-order valence-electron chi connectivity index (χ1n) is 5.29. The van der Waals surface area contributed by atoms with E-state index in [2.05, 4.69) is 11.3 Å². The fourth-order valence-electron chi connectivity index (χ4n) is 1.41. The third-order valence-electron chi connectivity index (χ3n) is 2.22. The summed E-state index contributed by atoms with van der Waals surface area (Å²) >= 11 is 1.12. The smallest absolute Gasteiger partial charge is 0.322 e. The summed E-state index contributed by atoms with van der Waals surface area (Å²) in [5.41, 5.74) is 0.576. The summed E-state index contributed by atoms with van der Waals surface area (Å²) in [6.07, 6.45) is 0.0288. The van der Waals surface area contributed by atoms with Crippen LogP contribution in [0.3, 0.4) is 0 Å². The van der Waals surface area contributed by atoms with Gasteiger partial charge in [0.05, 0.1) is 7.11 Å². The quantitative estimate of drug-likeness (QED) is 0.744. The van der Waals surface area contributed by atoms with E-state index in [1.54, 1.807) is 12.3 Å². The van der Waals surface area contributed by atoms with Crippen LogP contribution in [-0.4, -0.2) is 32.6 Å². The van der Waals surface area contributed by atoms with Crippen LogP contribution in [0.2, 0.25) is 0 Å². The van der Waals surface area contributed by atoms with Gasteiger partial charge in [-0.15, -0.1) is 17.9 Å². The van der Waals surface area contributed by atoms with E-state index in [1.165, 1.54) is 13.2 Å². The van der Waals surface area contributed by atoms with E-state index in [9.17, 15) is 13.2 Å². The van der Waals surface area contributed by atoms with Gasteiger partial charge in [-0.25, -0.2) is 8.42 Å². The Kier molecular flexibility index (Phi) is 5.10. The zero-order valence-corrected chi connectivity index (χ0v) is 12.2. The zero-order chi connectivity index (χ0) is 14.6. The molecule has 1 rings (SSSR count). The van der Waals surface area contributed by atoms with Crippen molar-refractivity contribution in [1.29, 1.82) is 0 Å². The minimum atomic E-state index is -3.94. The third-order valence-corrected chi connectivity index (χ3v) is 4.72. The number of carboxylic acids is 1. The SMILES string of the molecule is C=C(C)CC(NS(=O)(=O)c1ccsc1OC)C(=O)O. The highest BCUT2D eigenvalue weighted by atomic mass is 32.2. The van der Waals surface area contributed by atoms with Crippen molar-refractivity contribution in [3.63, 3.8) is 0 Å². The summed E-state index contributed by atoms with van der Waals surface area (Å²) in [4.78, 5) is 11.0. The van der Waals surface area contributed by atoms with Crippen molar-refractivity contribution < 1.29 is 23.1 Å². The lowest BCUT2D eigenvalue weighted by Gasteiger charge is -2.14. The number of methoxy groups -OCH3 is 1. The number of hydrogen-bond donors (Lipinski definition) is 2. The standard InChI is InChI=1S/C11H15NO5S2/c1-7(2)6-8(10(13)14)12-19(15,16)9-4-5-18-11(9)17-3/h4-5,8,12H,1,6H2,2-3H3,(H,13,14). The molecule has 19 heavy (non-hydrogen) atoms. The molecule has 0 saturated carbocycles. The molecular formula is C11H15NO5S2. The number of ether oxygens (including phenoxy) is 1. The maximum Gasteiger partial charge on any atom is 0.322 e. The van der Waals surface area contributed by atoms with Gasteiger partial charge in [0.2, 0.25) is 10.0 Å². The molecule has 106 valence electrons. The molecular weight excluding hydrogens is 290 g/mol. The molecule has 1 aromatic heterocycles. The first-order chi connectivity index (χ1) is 8.77. The van der Waals surface area contributed by atoms with Crippen molar-refractivity contribution in [3.8, 4) is 5.06 Å². The topological polar surface area (TPSA) is 92.7 Å². The van der Waals surface area contributed by atoms with Crippen LogP contribution in [0.1, 0.15) is 13.3 Å². The van der Waals surface area contributed by atoms with E-state index in [4.69, 9.17) is 9.84 Å². The fraction of sp³-hybridized carbons (Fsp3) is 0.364. The lowest BCUT2D eigenvalue weighted by molar-refractivity contribution is -0.138. The molecule has 0 spiro atoms. The number of sulfonamides is 1. The molecule has 0 bridgehead atoms. The van der Waals surface area contributed by atoms with E-state index in [1.807, 2.05) is 0 Å². The lowest BCUT2D eigenvalue weighted by atomic mass is 10.1. The first kappa shape index (κ1) is 15.7. The second kappa shape index (κ2) is 6.18. The predicted molar refractivity (Wildman–Crippen MR) is 72.0 cm³/mol. The summed E-state index contributed by atoms with van der Waals surface area (Å²) < 4.78 is 31.3. The van der Waals surface area contributed by atoms with Crippen molar-refractivity contribution in [2.24, 2.45) is 0 Å². The summed E-state index contributed by atoms with van der Waals surface area (Å²) in [5, 5.41) is 10.8. The van der Waals surface area contributed by atoms with Gasteiger partial charge in [0.25, 0.3) is 0 Å². The largest absolute Gasteiger partial charge is 0.486 e. The van der Waals surface area contributed by atoms with Gasteiger partial charge in [-0.2, -0.15) is 4.72 Å². The van der Waals surface area contributed by atoms with Gasteiger partial charge in [-0.3, -0.25) is 4.79 Å². The Hall–Kier alpha value is -1.38. The Bertz CT molecular complexity index is 576. The Balaban J connectivity index is 3.01. The third kappa shape index (κ3) is 4.05. The van der Waals surface area contributed by atoms with Gasteiger partial charge >= 0.3 is 5.97 Å². The van der Waals surface area contributed by atoms with Gasteiger partial charge in [0, 0.05) is 0 Å². The first-order valence-corrected chi connectivity index (χ1v) is 7.65. The predicted octanol–water partition coefficient (Wildman–Crippen LogP) is 1.45. The van der Waals surface area contributed by atoms with Crippen molar-refractivity contribution >= 4 is 27.3 Å². The summed E-state index contributed by atoms with van der Waals surface area (Å²) in [7, 11) is -2.58. The molecule has 8 heteroatoms. The highest BCUT2D eigenvalue weighted by Crippen LogP contribution is 2.29. The fourth-order valence-corrected chi connectivity index (χ4v) is 3.81. The Morgan fingerprint density at radius 3 is 2.74 bits per heavy atom. The number of rotatable bonds is 7. The van der Waals surface area contributed by atoms with Crippen LogP contribution in [0, 0.1) is 0 Å². The molecule has 2 N–H and O–H groups in total. The number of aliphatic carboxylic acids is 1. The van der Waals surface area contributed by atoms with Crippen LogP contribution in [0.15, 0.2) is 28.5 Å². The second-order valence-electron chi connectivity index (χ2n) is 3.95. The van der Waals surface area contributed by atoms with E-state index >= 15 is 0 Å². The average molecular weight is 305 g/mol. The number of thiophene rings is 1. The van der Waals surface area contributed by atoms with E-state index in [-0.39, 0.29) is 16.4 Å². The lowest BCUT2D eigenvalue weighted by Crippen LogP contribution is -2.40. The highest BCUT2D eigenvalue weighted by molar-refractivity contribution is 7.89. The van der Waals surface area contributed by atoms with Gasteiger partial charge in [-0.1, -0.05) is 5.57 Å². The molecule has 0 saturated heterocycles. The summed E-state index contributed by atoms with van der Waals surface area (Å²) in [6.45, 7) is 5.22. The molecule has 1 atom stereocenters. The molecule has 6 nitrogen and oxygen atoms in total.